The van der Waals surface area contributed by atoms with E-state index in [1.165, 1.54) is 25.3 Å². The number of ether oxygens (including phenoxy) is 1. The quantitative estimate of drug-likeness (QED) is 0.522. The third-order valence-corrected chi connectivity index (χ3v) is 4.05. The molecule has 1 aromatic carbocycles. The summed E-state index contributed by atoms with van der Waals surface area (Å²) in [6, 6.07) is 3.22. The van der Waals surface area contributed by atoms with Gasteiger partial charge in [-0.25, -0.2) is 0 Å². The van der Waals surface area contributed by atoms with Gasteiger partial charge in [0.05, 0.1) is 12.2 Å². The van der Waals surface area contributed by atoms with Crippen LogP contribution in [0.2, 0.25) is 0 Å². The van der Waals surface area contributed by atoms with Crippen molar-refractivity contribution >= 4 is 29.3 Å². The van der Waals surface area contributed by atoms with Crippen LogP contribution in [0.3, 0.4) is 0 Å². The molecule has 24 heavy (non-hydrogen) atoms. The molecule has 0 aliphatic carbocycles. The molecule has 1 aliphatic heterocycles. The van der Waals surface area contributed by atoms with Crippen LogP contribution in [0.5, 0.6) is 5.75 Å². The molecule has 0 aromatic heterocycles. The molecule has 0 saturated carbocycles. The smallest absolute Gasteiger partial charge is 0.417 e. The fourth-order valence-corrected chi connectivity index (χ4v) is 2.85. The van der Waals surface area contributed by atoms with E-state index >= 15 is 0 Å². The van der Waals surface area contributed by atoms with Crippen LogP contribution in [0, 0.1) is 0 Å². The van der Waals surface area contributed by atoms with E-state index in [0.29, 0.717) is 6.61 Å². The first-order chi connectivity index (χ1) is 10.9. The van der Waals surface area contributed by atoms with Crippen molar-refractivity contribution in [3.8, 4) is 5.75 Å². The van der Waals surface area contributed by atoms with Crippen LogP contribution in [0.1, 0.15) is 41.6 Å². The van der Waals surface area contributed by atoms with E-state index < -0.39 is 22.5 Å². The highest BCUT2D eigenvalue weighted by Gasteiger charge is 2.35. The second-order valence-corrected chi connectivity index (χ2v) is 5.93. The van der Waals surface area contributed by atoms with Crippen molar-refractivity contribution in [1.82, 2.24) is 4.90 Å². The third-order valence-electron chi connectivity index (χ3n) is 3.84. The average molecular weight is 386 g/mol. The lowest BCUT2D eigenvalue weighted by Crippen LogP contribution is -2.31. The maximum Gasteiger partial charge on any atom is 0.417 e. The molecule has 0 radical (unpaired) electrons. The van der Waals surface area contributed by atoms with Gasteiger partial charge in [-0.2, -0.15) is 13.2 Å². The number of carbonyl (C=O) groups excluding carboxylic acids is 1. The van der Waals surface area contributed by atoms with Gasteiger partial charge in [0, 0.05) is 12.1 Å². The summed E-state index contributed by atoms with van der Waals surface area (Å²) < 4.78 is 44.2. The zero-order chi connectivity index (χ0) is 16.9. The first kappa shape index (κ1) is 21.1. The maximum atomic E-state index is 12.9. The van der Waals surface area contributed by atoms with Crippen LogP contribution in [-0.4, -0.2) is 36.4 Å². The number of nitrogens with zero attached hydrogens (tertiary/aromatic N) is 1. The van der Waals surface area contributed by atoms with Crippen molar-refractivity contribution in [3.63, 3.8) is 0 Å². The molecule has 1 aliphatic rings. The summed E-state index contributed by atoms with van der Waals surface area (Å²) in [5.41, 5.74) is -1.62. The fourth-order valence-electron chi connectivity index (χ4n) is 2.68. The topological polar surface area (TPSA) is 29.5 Å². The minimum Gasteiger partial charge on any atom is -0.494 e. The van der Waals surface area contributed by atoms with Crippen molar-refractivity contribution in [2.75, 3.05) is 26.2 Å². The summed E-state index contributed by atoms with van der Waals surface area (Å²) in [5.74, 6) is 0.0950. The normalized spacial score (nSPS) is 15.7. The van der Waals surface area contributed by atoms with Crippen molar-refractivity contribution in [1.29, 1.82) is 0 Å². The summed E-state index contributed by atoms with van der Waals surface area (Å²) in [4.78, 5) is 13.4. The number of hydrogen-bond acceptors (Lipinski definition) is 3. The van der Waals surface area contributed by atoms with Crippen LogP contribution in [0.15, 0.2) is 18.2 Å². The molecular weight excluding hydrogens is 366 g/mol. The Hall–Kier alpha value is -0.980. The Balaban J connectivity index is 0.00000288. The third kappa shape index (κ3) is 6.15. The van der Waals surface area contributed by atoms with Crippen LogP contribution >= 0.6 is 24.0 Å². The lowest BCUT2D eigenvalue weighted by atomic mass is 10.1. The zero-order valence-electron chi connectivity index (χ0n) is 13.1. The monoisotopic (exact) mass is 385 g/mol. The first-order valence-corrected chi connectivity index (χ1v) is 8.02. The second kappa shape index (κ2) is 9.49. The van der Waals surface area contributed by atoms with E-state index in [0.717, 1.165) is 38.2 Å². The van der Waals surface area contributed by atoms with Gasteiger partial charge in [-0.1, -0.05) is 6.42 Å². The highest BCUT2D eigenvalue weighted by Crippen LogP contribution is 2.35. The fraction of sp³-hybridized carbons (Fsp3) is 0.562. The van der Waals surface area contributed by atoms with Crippen LogP contribution in [0.25, 0.3) is 0 Å². The van der Waals surface area contributed by atoms with E-state index in [1.807, 2.05) is 0 Å². The summed E-state index contributed by atoms with van der Waals surface area (Å²) in [5, 5.41) is -1.13. The minimum atomic E-state index is -4.65. The molecule has 0 atom stereocenters. The summed E-state index contributed by atoms with van der Waals surface area (Å²) in [6.07, 6.45) is -0.239. The maximum absolute atomic E-state index is 12.9. The summed E-state index contributed by atoms with van der Waals surface area (Å²) >= 11 is 5.19. The van der Waals surface area contributed by atoms with Crippen molar-refractivity contribution in [2.24, 2.45) is 0 Å². The van der Waals surface area contributed by atoms with Crippen LogP contribution in [0.4, 0.5) is 13.2 Å². The Morgan fingerprint density at radius 3 is 2.46 bits per heavy atom. The zero-order valence-corrected chi connectivity index (χ0v) is 14.6. The molecule has 0 amide bonds. The number of piperidine rings is 1. The molecular formula is C16H20Cl2F3NO2. The van der Waals surface area contributed by atoms with Gasteiger partial charge < -0.3 is 9.64 Å². The Kier molecular flexibility index (Phi) is 8.33. The number of halogens is 5. The second-order valence-electron chi connectivity index (χ2n) is 5.58. The van der Waals surface area contributed by atoms with Gasteiger partial charge in [0.25, 0.3) is 5.24 Å². The number of carbonyl (C=O) groups is 1. The SMILES string of the molecule is Cl.O=C(Cl)c1ccc(OCCCN2CCCCC2)cc1C(F)(F)F. The molecule has 1 fully saturated rings. The molecule has 0 spiro atoms. The molecule has 2 rings (SSSR count). The molecule has 1 aromatic rings. The first-order valence-electron chi connectivity index (χ1n) is 7.64. The average Bonchev–Trinajstić information content (AvgIpc) is 2.51. The Morgan fingerprint density at radius 1 is 1.21 bits per heavy atom. The number of rotatable bonds is 6. The van der Waals surface area contributed by atoms with Gasteiger partial charge in [0.1, 0.15) is 5.75 Å². The van der Waals surface area contributed by atoms with E-state index in [9.17, 15) is 18.0 Å². The summed E-state index contributed by atoms with van der Waals surface area (Å²) in [7, 11) is 0. The highest BCUT2D eigenvalue weighted by atomic mass is 35.5. The van der Waals surface area contributed by atoms with E-state index in [2.05, 4.69) is 4.90 Å². The largest absolute Gasteiger partial charge is 0.494 e. The molecule has 1 saturated heterocycles. The summed E-state index contributed by atoms with van der Waals surface area (Å²) in [6.45, 7) is 3.36. The van der Waals surface area contributed by atoms with Crippen molar-refractivity contribution in [3.05, 3.63) is 29.3 Å². The Morgan fingerprint density at radius 2 is 1.88 bits per heavy atom. The molecule has 8 heteroatoms. The van der Waals surface area contributed by atoms with E-state index in [-0.39, 0.29) is 18.2 Å². The Bertz CT molecular complexity index is 547. The number of hydrogen-bond donors (Lipinski definition) is 0. The molecule has 3 nitrogen and oxygen atoms in total. The van der Waals surface area contributed by atoms with E-state index in [1.54, 1.807) is 0 Å². The molecule has 0 bridgehead atoms. The van der Waals surface area contributed by atoms with Gasteiger partial charge in [0.2, 0.25) is 0 Å². The standard InChI is InChI=1S/C16H19ClF3NO2.ClH/c17-15(22)13-6-5-12(11-14(13)16(18,19)20)23-10-4-9-21-7-2-1-3-8-21;/h5-6,11H,1-4,7-10H2;1H. The van der Waals surface area contributed by atoms with Crippen molar-refractivity contribution in [2.45, 2.75) is 31.9 Å². The predicted octanol–water partition coefficient (Wildman–Crippen LogP) is 4.76. The van der Waals surface area contributed by atoms with Crippen LogP contribution in [-0.2, 0) is 6.18 Å². The number of likely N-dealkylation sites (tertiary alicyclic amines) is 1. The molecule has 136 valence electrons. The number of alkyl halides is 3. The molecule has 0 N–H and O–H groups in total. The predicted molar refractivity (Wildman–Crippen MR) is 89.3 cm³/mol. The van der Waals surface area contributed by atoms with Gasteiger partial charge in [-0.15, -0.1) is 12.4 Å². The van der Waals surface area contributed by atoms with Crippen LogP contribution < -0.4 is 4.74 Å². The molecule has 1 heterocycles. The lowest BCUT2D eigenvalue weighted by molar-refractivity contribution is -0.138. The number of benzene rings is 1. The van der Waals surface area contributed by atoms with Gasteiger partial charge >= 0.3 is 6.18 Å². The minimum absolute atomic E-state index is 0. The highest BCUT2D eigenvalue weighted by molar-refractivity contribution is 6.67. The van der Waals surface area contributed by atoms with Gasteiger partial charge in [-0.3, -0.25) is 4.79 Å². The van der Waals surface area contributed by atoms with Gasteiger partial charge in [0.15, 0.2) is 0 Å². The molecule has 0 unspecified atom stereocenters. The lowest BCUT2D eigenvalue weighted by Gasteiger charge is -2.26. The Labute approximate surface area is 150 Å². The van der Waals surface area contributed by atoms with Gasteiger partial charge in [-0.05, 0) is 62.2 Å². The van der Waals surface area contributed by atoms with Crippen molar-refractivity contribution < 1.29 is 22.7 Å². The van der Waals surface area contributed by atoms with E-state index in [4.69, 9.17) is 16.3 Å².